The third-order valence-electron chi connectivity index (χ3n) is 2.86. The Morgan fingerprint density at radius 1 is 1.25 bits per heavy atom. The summed E-state index contributed by atoms with van der Waals surface area (Å²) in [5.41, 5.74) is 0.854. The van der Waals surface area contributed by atoms with Crippen molar-refractivity contribution in [2.45, 2.75) is 24.7 Å². The van der Waals surface area contributed by atoms with Gasteiger partial charge in [-0.2, -0.15) is 0 Å². The molecule has 2 rings (SSSR count). The largest absolute Gasteiger partial charge is 0.497 e. The molecular formula is C12H16O4. The van der Waals surface area contributed by atoms with Crippen molar-refractivity contribution < 1.29 is 19.7 Å². The van der Waals surface area contributed by atoms with Crippen LogP contribution in [0.3, 0.4) is 0 Å². The van der Waals surface area contributed by atoms with Crippen LogP contribution in [-0.2, 0) is 4.74 Å². The van der Waals surface area contributed by atoms with E-state index in [1.165, 1.54) is 0 Å². The van der Waals surface area contributed by atoms with Crippen LogP contribution in [0.2, 0.25) is 0 Å². The van der Waals surface area contributed by atoms with Gasteiger partial charge in [0.25, 0.3) is 0 Å². The Morgan fingerprint density at radius 2 is 1.94 bits per heavy atom. The third kappa shape index (κ3) is 2.19. The molecule has 3 atom stereocenters. The van der Waals surface area contributed by atoms with E-state index < -0.39 is 18.3 Å². The summed E-state index contributed by atoms with van der Waals surface area (Å²) in [7, 11) is 1.60. The van der Waals surface area contributed by atoms with Gasteiger partial charge in [0.1, 0.15) is 18.0 Å². The molecular weight excluding hydrogens is 208 g/mol. The maximum absolute atomic E-state index is 9.81. The van der Waals surface area contributed by atoms with Crippen molar-refractivity contribution in [1.82, 2.24) is 0 Å². The fraction of sp³-hybridized carbons (Fsp3) is 0.500. The fourth-order valence-corrected chi connectivity index (χ4v) is 1.87. The minimum Gasteiger partial charge on any atom is -0.497 e. The zero-order chi connectivity index (χ0) is 11.5. The summed E-state index contributed by atoms with van der Waals surface area (Å²) in [6.45, 7) is 0.467. The highest BCUT2D eigenvalue weighted by molar-refractivity contribution is 5.29. The Morgan fingerprint density at radius 3 is 2.56 bits per heavy atom. The van der Waals surface area contributed by atoms with Crippen LogP contribution in [-0.4, -0.2) is 36.1 Å². The lowest BCUT2D eigenvalue weighted by Gasteiger charge is -2.32. The second kappa shape index (κ2) is 4.82. The SMILES string of the molecule is COc1ccc([C@H]2OCC[C@H](O)[C@H]2O)cc1. The van der Waals surface area contributed by atoms with Crippen LogP contribution < -0.4 is 4.74 Å². The highest BCUT2D eigenvalue weighted by Crippen LogP contribution is 2.29. The first-order chi connectivity index (χ1) is 7.72. The Balaban J connectivity index is 2.15. The van der Waals surface area contributed by atoms with Crippen LogP contribution >= 0.6 is 0 Å². The highest BCUT2D eigenvalue weighted by atomic mass is 16.5. The molecule has 1 aliphatic rings. The van der Waals surface area contributed by atoms with Crippen LogP contribution in [0.25, 0.3) is 0 Å². The Bertz CT molecular complexity index is 335. The lowest BCUT2D eigenvalue weighted by Crippen LogP contribution is -2.39. The average Bonchev–Trinajstić information content (AvgIpc) is 2.33. The van der Waals surface area contributed by atoms with Crippen LogP contribution in [0.1, 0.15) is 18.1 Å². The number of aliphatic hydroxyl groups is 2. The van der Waals surface area contributed by atoms with Gasteiger partial charge in [-0.25, -0.2) is 0 Å². The summed E-state index contributed by atoms with van der Waals surface area (Å²) < 4.78 is 10.5. The molecule has 0 spiro atoms. The van der Waals surface area contributed by atoms with E-state index >= 15 is 0 Å². The van der Waals surface area contributed by atoms with Crippen LogP contribution in [0.4, 0.5) is 0 Å². The van der Waals surface area contributed by atoms with Gasteiger partial charge in [0, 0.05) is 0 Å². The summed E-state index contributed by atoms with van der Waals surface area (Å²) in [4.78, 5) is 0. The van der Waals surface area contributed by atoms with E-state index in [1.807, 2.05) is 24.3 Å². The first-order valence-corrected chi connectivity index (χ1v) is 5.34. The quantitative estimate of drug-likeness (QED) is 0.783. The van der Waals surface area contributed by atoms with Crippen molar-refractivity contribution >= 4 is 0 Å². The van der Waals surface area contributed by atoms with E-state index in [0.29, 0.717) is 13.0 Å². The number of aliphatic hydroxyl groups excluding tert-OH is 2. The molecule has 0 bridgehead atoms. The molecule has 0 aromatic heterocycles. The molecule has 0 saturated carbocycles. The number of hydrogen-bond donors (Lipinski definition) is 2. The average molecular weight is 224 g/mol. The molecule has 1 aromatic rings. The molecule has 0 amide bonds. The second-order valence-corrected chi connectivity index (χ2v) is 3.91. The van der Waals surface area contributed by atoms with E-state index in [0.717, 1.165) is 11.3 Å². The lowest BCUT2D eigenvalue weighted by atomic mass is 9.96. The van der Waals surface area contributed by atoms with Crippen molar-refractivity contribution in [2.75, 3.05) is 13.7 Å². The van der Waals surface area contributed by atoms with Gasteiger partial charge in [-0.1, -0.05) is 12.1 Å². The lowest BCUT2D eigenvalue weighted by molar-refractivity contribution is -0.137. The zero-order valence-corrected chi connectivity index (χ0v) is 9.17. The molecule has 0 radical (unpaired) electrons. The summed E-state index contributed by atoms with van der Waals surface area (Å²) >= 11 is 0. The fourth-order valence-electron chi connectivity index (χ4n) is 1.87. The van der Waals surface area contributed by atoms with E-state index in [4.69, 9.17) is 9.47 Å². The minimum absolute atomic E-state index is 0.449. The summed E-state index contributed by atoms with van der Waals surface area (Å²) in [5, 5.41) is 19.4. The first kappa shape index (κ1) is 11.4. The molecule has 1 aromatic carbocycles. The van der Waals surface area contributed by atoms with Gasteiger partial charge in [0.15, 0.2) is 0 Å². The summed E-state index contributed by atoms with van der Waals surface area (Å²) in [6, 6.07) is 7.30. The molecule has 2 N–H and O–H groups in total. The molecule has 88 valence electrons. The standard InChI is InChI=1S/C12H16O4/c1-15-9-4-2-8(3-5-9)12-11(14)10(13)6-7-16-12/h2-5,10-14H,6-7H2,1H3/t10-,11+,12+/m0/s1. The van der Waals surface area contributed by atoms with Crippen molar-refractivity contribution in [3.8, 4) is 5.75 Å². The van der Waals surface area contributed by atoms with Crippen molar-refractivity contribution in [2.24, 2.45) is 0 Å². The normalized spacial score (nSPS) is 30.1. The smallest absolute Gasteiger partial charge is 0.118 e. The van der Waals surface area contributed by atoms with Crippen LogP contribution in [0.15, 0.2) is 24.3 Å². The molecule has 16 heavy (non-hydrogen) atoms. The maximum atomic E-state index is 9.81. The zero-order valence-electron chi connectivity index (χ0n) is 9.17. The van der Waals surface area contributed by atoms with Gasteiger partial charge in [-0.05, 0) is 24.1 Å². The Hall–Kier alpha value is -1.10. The van der Waals surface area contributed by atoms with Crippen LogP contribution in [0.5, 0.6) is 5.75 Å². The number of benzene rings is 1. The van der Waals surface area contributed by atoms with E-state index in [9.17, 15) is 10.2 Å². The topological polar surface area (TPSA) is 58.9 Å². The van der Waals surface area contributed by atoms with Gasteiger partial charge in [0.05, 0.1) is 19.8 Å². The van der Waals surface area contributed by atoms with Gasteiger partial charge in [-0.15, -0.1) is 0 Å². The predicted molar refractivity (Wildman–Crippen MR) is 58.3 cm³/mol. The second-order valence-electron chi connectivity index (χ2n) is 3.91. The van der Waals surface area contributed by atoms with Gasteiger partial charge < -0.3 is 19.7 Å². The minimum atomic E-state index is -0.859. The maximum Gasteiger partial charge on any atom is 0.118 e. The van der Waals surface area contributed by atoms with Crippen molar-refractivity contribution in [3.05, 3.63) is 29.8 Å². The molecule has 1 heterocycles. The van der Waals surface area contributed by atoms with Gasteiger partial charge >= 0.3 is 0 Å². The summed E-state index contributed by atoms with van der Waals surface area (Å²) in [6.07, 6.45) is -1.54. The molecule has 4 heteroatoms. The van der Waals surface area contributed by atoms with E-state index in [2.05, 4.69) is 0 Å². The highest BCUT2D eigenvalue weighted by Gasteiger charge is 2.32. The third-order valence-corrected chi connectivity index (χ3v) is 2.86. The Kier molecular flexibility index (Phi) is 3.43. The molecule has 0 aliphatic carbocycles. The molecule has 1 fully saturated rings. The number of methoxy groups -OCH3 is 1. The number of rotatable bonds is 2. The predicted octanol–water partition coefficient (Wildman–Crippen LogP) is 0.878. The number of hydrogen-bond acceptors (Lipinski definition) is 4. The molecule has 1 saturated heterocycles. The van der Waals surface area contributed by atoms with Crippen molar-refractivity contribution in [3.63, 3.8) is 0 Å². The van der Waals surface area contributed by atoms with Crippen molar-refractivity contribution in [1.29, 1.82) is 0 Å². The Labute approximate surface area is 94.4 Å². The number of ether oxygens (including phenoxy) is 2. The van der Waals surface area contributed by atoms with Gasteiger partial charge in [0.2, 0.25) is 0 Å². The molecule has 0 unspecified atom stereocenters. The van der Waals surface area contributed by atoms with Crippen LogP contribution in [0, 0.1) is 0 Å². The van der Waals surface area contributed by atoms with Gasteiger partial charge in [-0.3, -0.25) is 0 Å². The first-order valence-electron chi connectivity index (χ1n) is 5.34. The van der Waals surface area contributed by atoms with E-state index in [-0.39, 0.29) is 0 Å². The molecule has 4 nitrogen and oxygen atoms in total. The monoisotopic (exact) mass is 224 g/mol. The molecule has 1 aliphatic heterocycles. The summed E-state index contributed by atoms with van der Waals surface area (Å²) in [5.74, 6) is 0.759. The van der Waals surface area contributed by atoms with E-state index in [1.54, 1.807) is 7.11 Å².